The van der Waals surface area contributed by atoms with E-state index in [4.69, 9.17) is 0 Å². The van der Waals surface area contributed by atoms with Gasteiger partial charge in [-0.25, -0.2) is 13.4 Å². The van der Waals surface area contributed by atoms with Crippen LogP contribution in [0.3, 0.4) is 0 Å². The maximum absolute atomic E-state index is 12.7. The SMILES string of the molecule is CC(C)c1ccc(C(NC(=O)Cc2csc(NS(C)(=O)=O)n2)c2cccs2)cc1. The summed E-state index contributed by atoms with van der Waals surface area (Å²) in [7, 11) is -3.39. The molecule has 0 aliphatic rings. The van der Waals surface area contributed by atoms with E-state index in [1.165, 1.54) is 5.56 Å². The zero-order valence-corrected chi connectivity index (χ0v) is 18.8. The Bertz CT molecular complexity index is 1060. The summed E-state index contributed by atoms with van der Waals surface area (Å²) >= 11 is 2.75. The summed E-state index contributed by atoms with van der Waals surface area (Å²) in [6.07, 6.45) is 1.14. The van der Waals surface area contributed by atoms with Crippen LogP contribution < -0.4 is 10.0 Å². The van der Waals surface area contributed by atoms with Crippen LogP contribution >= 0.6 is 22.7 Å². The highest BCUT2D eigenvalue weighted by Crippen LogP contribution is 2.28. The molecule has 0 bridgehead atoms. The number of aromatic nitrogens is 1. The first-order chi connectivity index (χ1) is 13.7. The molecule has 1 unspecified atom stereocenters. The second kappa shape index (κ2) is 9.06. The minimum absolute atomic E-state index is 0.0773. The lowest BCUT2D eigenvalue weighted by atomic mass is 9.98. The van der Waals surface area contributed by atoms with Gasteiger partial charge in [0.1, 0.15) is 0 Å². The van der Waals surface area contributed by atoms with Crippen molar-refractivity contribution in [3.8, 4) is 0 Å². The van der Waals surface area contributed by atoms with Gasteiger partial charge in [0.15, 0.2) is 5.13 Å². The van der Waals surface area contributed by atoms with Crippen LogP contribution in [-0.4, -0.2) is 25.6 Å². The van der Waals surface area contributed by atoms with Gasteiger partial charge in [-0.3, -0.25) is 9.52 Å². The Kier molecular flexibility index (Phi) is 6.71. The van der Waals surface area contributed by atoms with E-state index >= 15 is 0 Å². The number of hydrogen-bond donors (Lipinski definition) is 2. The van der Waals surface area contributed by atoms with Crippen LogP contribution in [0.25, 0.3) is 0 Å². The van der Waals surface area contributed by atoms with Gasteiger partial charge in [0.2, 0.25) is 15.9 Å². The molecule has 1 aromatic carbocycles. The Morgan fingerprint density at radius 1 is 1.10 bits per heavy atom. The van der Waals surface area contributed by atoms with Gasteiger partial charge in [-0.15, -0.1) is 22.7 Å². The molecule has 2 aromatic heterocycles. The zero-order valence-electron chi connectivity index (χ0n) is 16.4. The van der Waals surface area contributed by atoms with E-state index in [1.54, 1.807) is 16.7 Å². The number of benzene rings is 1. The van der Waals surface area contributed by atoms with Crippen molar-refractivity contribution in [1.29, 1.82) is 0 Å². The summed E-state index contributed by atoms with van der Waals surface area (Å²) in [5, 5.41) is 7.02. The minimum Gasteiger partial charge on any atom is -0.344 e. The van der Waals surface area contributed by atoms with E-state index in [2.05, 4.69) is 53.1 Å². The molecular weight excluding hydrogens is 426 g/mol. The molecule has 154 valence electrons. The summed E-state index contributed by atoms with van der Waals surface area (Å²) in [6, 6.07) is 12.0. The fourth-order valence-corrected chi connectivity index (χ4v) is 5.18. The van der Waals surface area contributed by atoms with E-state index in [1.807, 2.05) is 17.5 Å². The molecule has 1 amide bonds. The standard InChI is InChI=1S/C20H23N3O3S3/c1-13(2)14-6-8-15(9-7-14)19(17-5-4-10-27-17)22-18(24)11-16-12-28-20(21-16)23-29(3,25)26/h4-10,12-13,19H,11H2,1-3H3,(H,21,23)(H,22,24). The van der Waals surface area contributed by atoms with Crippen molar-refractivity contribution in [3.05, 3.63) is 68.9 Å². The van der Waals surface area contributed by atoms with Crippen LogP contribution in [0.4, 0.5) is 5.13 Å². The quantitative estimate of drug-likeness (QED) is 0.541. The molecular formula is C20H23N3O3S3. The van der Waals surface area contributed by atoms with Crippen molar-refractivity contribution in [2.75, 3.05) is 11.0 Å². The maximum atomic E-state index is 12.7. The van der Waals surface area contributed by atoms with Gasteiger partial charge < -0.3 is 5.32 Å². The molecule has 0 spiro atoms. The lowest BCUT2D eigenvalue weighted by molar-refractivity contribution is -0.121. The van der Waals surface area contributed by atoms with E-state index in [-0.39, 0.29) is 23.5 Å². The molecule has 0 aliphatic carbocycles. The Labute approximate surface area is 179 Å². The molecule has 3 rings (SSSR count). The first-order valence-electron chi connectivity index (χ1n) is 9.06. The predicted molar refractivity (Wildman–Crippen MR) is 119 cm³/mol. The Hall–Kier alpha value is -2.23. The van der Waals surface area contributed by atoms with Gasteiger partial charge in [0.05, 0.1) is 24.4 Å². The Morgan fingerprint density at radius 3 is 2.38 bits per heavy atom. The average Bonchev–Trinajstić information content (AvgIpc) is 3.30. The highest BCUT2D eigenvalue weighted by molar-refractivity contribution is 7.92. The van der Waals surface area contributed by atoms with Crippen LogP contribution in [0.5, 0.6) is 0 Å². The zero-order chi connectivity index (χ0) is 21.0. The third-order valence-electron chi connectivity index (χ3n) is 4.24. The maximum Gasteiger partial charge on any atom is 0.231 e. The van der Waals surface area contributed by atoms with Crippen LogP contribution in [0.2, 0.25) is 0 Å². The highest BCUT2D eigenvalue weighted by Gasteiger charge is 2.19. The topological polar surface area (TPSA) is 88.2 Å². The van der Waals surface area contributed by atoms with E-state index < -0.39 is 10.0 Å². The number of amides is 1. The largest absolute Gasteiger partial charge is 0.344 e. The first-order valence-corrected chi connectivity index (χ1v) is 12.7. The molecule has 6 nitrogen and oxygen atoms in total. The number of thiazole rings is 1. The third kappa shape index (κ3) is 6.12. The van der Waals surface area contributed by atoms with Crippen molar-refractivity contribution in [2.45, 2.75) is 32.2 Å². The number of nitrogens with one attached hydrogen (secondary N) is 2. The monoisotopic (exact) mass is 449 g/mol. The minimum atomic E-state index is -3.39. The number of nitrogens with zero attached hydrogens (tertiary/aromatic N) is 1. The number of hydrogen-bond acceptors (Lipinski definition) is 6. The summed E-state index contributed by atoms with van der Waals surface area (Å²) in [5.74, 6) is 0.269. The molecule has 0 aliphatic heterocycles. The smallest absolute Gasteiger partial charge is 0.231 e. The van der Waals surface area contributed by atoms with Crippen LogP contribution in [-0.2, 0) is 21.2 Å². The van der Waals surface area contributed by atoms with Crippen molar-refractivity contribution in [1.82, 2.24) is 10.3 Å². The summed E-state index contributed by atoms with van der Waals surface area (Å²) in [6.45, 7) is 4.29. The summed E-state index contributed by atoms with van der Waals surface area (Å²) < 4.78 is 24.9. The second-order valence-corrected chi connectivity index (χ2v) is 10.6. The van der Waals surface area contributed by atoms with Gasteiger partial charge in [-0.05, 0) is 28.5 Å². The Morgan fingerprint density at radius 2 is 1.79 bits per heavy atom. The number of rotatable bonds is 8. The molecule has 0 radical (unpaired) electrons. The fourth-order valence-electron chi connectivity index (χ4n) is 2.82. The summed E-state index contributed by atoms with van der Waals surface area (Å²) in [4.78, 5) is 17.9. The van der Waals surface area contributed by atoms with Crippen molar-refractivity contribution in [2.24, 2.45) is 0 Å². The summed E-state index contributed by atoms with van der Waals surface area (Å²) in [5.41, 5.74) is 2.79. The molecule has 1 atom stereocenters. The Balaban J connectivity index is 1.74. The van der Waals surface area contributed by atoms with Crippen molar-refractivity contribution >= 4 is 43.7 Å². The van der Waals surface area contributed by atoms with Gasteiger partial charge in [0.25, 0.3) is 0 Å². The molecule has 2 heterocycles. The molecule has 29 heavy (non-hydrogen) atoms. The molecule has 0 fully saturated rings. The number of thiophene rings is 1. The van der Waals surface area contributed by atoms with E-state index in [0.29, 0.717) is 11.6 Å². The number of carbonyl (C=O) groups is 1. The van der Waals surface area contributed by atoms with Gasteiger partial charge in [0, 0.05) is 10.3 Å². The molecule has 0 saturated carbocycles. The number of anilines is 1. The van der Waals surface area contributed by atoms with Gasteiger partial charge in [-0.1, -0.05) is 44.2 Å². The molecule has 3 aromatic rings. The average molecular weight is 450 g/mol. The van der Waals surface area contributed by atoms with Crippen molar-refractivity contribution < 1.29 is 13.2 Å². The van der Waals surface area contributed by atoms with E-state index in [9.17, 15) is 13.2 Å². The van der Waals surface area contributed by atoms with Crippen LogP contribution in [0.15, 0.2) is 47.2 Å². The first kappa shape index (κ1) is 21.5. The van der Waals surface area contributed by atoms with Gasteiger partial charge in [-0.2, -0.15) is 0 Å². The van der Waals surface area contributed by atoms with Crippen LogP contribution in [0, 0.1) is 0 Å². The number of carbonyl (C=O) groups excluding carboxylic acids is 1. The highest BCUT2D eigenvalue weighted by atomic mass is 32.2. The lowest BCUT2D eigenvalue weighted by Gasteiger charge is -2.19. The lowest BCUT2D eigenvalue weighted by Crippen LogP contribution is -2.30. The van der Waals surface area contributed by atoms with E-state index in [0.717, 1.165) is 28.0 Å². The number of sulfonamides is 1. The predicted octanol–water partition coefficient (Wildman–Crippen LogP) is 4.15. The normalized spacial score (nSPS) is 12.7. The molecule has 9 heteroatoms. The van der Waals surface area contributed by atoms with Gasteiger partial charge >= 0.3 is 0 Å². The molecule has 2 N–H and O–H groups in total. The third-order valence-corrected chi connectivity index (χ3v) is 6.67. The fraction of sp³-hybridized carbons (Fsp3) is 0.300. The second-order valence-electron chi connectivity index (χ2n) is 7.03. The molecule has 0 saturated heterocycles. The van der Waals surface area contributed by atoms with Crippen molar-refractivity contribution in [3.63, 3.8) is 0 Å². The van der Waals surface area contributed by atoms with Crippen LogP contribution in [0.1, 0.15) is 47.5 Å².